The van der Waals surface area contributed by atoms with E-state index in [1.807, 2.05) is 19.1 Å². The van der Waals surface area contributed by atoms with Crippen molar-refractivity contribution in [2.45, 2.75) is 13.3 Å². The van der Waals surface area contributed by atoms with E-state index in [-0.39, 0.29) is 0 Å². The third-order valence-corrected chi connectivity index (χ3v) is 2.60. The molecule has 2 heterocycles. The van der Waals surface area contributed by atoms with Crippen LogP contribution in [-0.4, -0.2) is 15.9 Å². The van der Waals surface area contributed by atoms with Crippen molar-refractivity contribution in [3.63, 3.8) is 0 Å². The predicted molar refractivity (Wildman–Crippen MR) is 65.4 cm³/mol. The maximum absolute atomic E-state index is 11.5. The van der Waals surface area contributed by atoms with Crippen LogP contribution < -0.4 is 5.73 Å². The predicted octanol–water partition coefficient (Wildman–Crippen LogP) is 1.80. The second kappa shape index (κ2) is 4.74. The lowest BCUT2D eigenvalue weighted by atomic mass is 9.98. The van der Waals surface area contributed by atoms with Gasteiger partial charge >= 0.3 is 0 Å². The molecule has 2 aromatic rings. The maximum Gasteiger partial charge on any atom is 0.251 e. The van der Waals surface area contributed by atoms with Crippen LogP contribution in [0.15, 0.2) is 36.8 Å². The summed E-state index contributed by atoms with van der Waals surface area (Å²) in [7, 11) is 0. The molecule has 0 saturated heterocycles. The van der Waals surface area contributed by atoms with Crippen LogP contribution in [0, 0.1) is 0 Å². The molecule has 0 aliphatic heterocycles. The van der Waals surface area contributed by atoms with Crippen LogP contribution in [0.3, 0.4) is 0 Å². The lowest BCUT2D eigenvalue weighted by Gasteiger charge is -2.10. The maximum atomic E-state index is 11.5. The lowest BCUT2D eigenvalue weighted by Crippen LogP contribution is -2.16. The number of aryl methyl sites for hydroxylation is 1. The molecular formula is C13H13N3O. The van der Waals surface area contributed by atoms with Crippen LogP contribution in [0.2, 0.25) is 0 Å². The minimum absolute atomic E-state index is 0.443. The zero-order valence-corrected chi connectivity index (χ0v) is 9.55. The Kier molecular flexibility index (Phi) is 3.14. The molecule has 0 fully saturated rings. The van der Waals surface area contributed by atoms with Crippen LogP contribution in [0.25, 0.3) is 11.1 Å². The van der Waals surface area contributed by atoms with Gasteiger partial charge in [0.05, 0.1) is 11.3 Å². The van der Waals surface area contributed by atoms with Gasteiger partial charge in [-0.25, -0.2) is 0 Å². The number of primary amides is 1. The van der Waals surface area contributed by atoms with Gasteiger partial charge in [0.2, 0.25) is 0 Å². The van der Waals surface area contributed by atoms with E-state index >= 15 is 0 Å². The summed E-state index contributed by atoms with van der Waals surface area (Å²) in [5, 5.41) is 0. The van der Waals surface area contributed by atoms with Crippen molar-refractivity contribution >= 4 is 5.91 Å². The van der Waals surface area contributed by atoms with E-state index in [9.17, 15) is 4.79 Å². The molecule has 0 bridgehead atoms. The van der Waals surface area contributed by atoms with Gasteiger partial charge in [-0.2, -0.15) is 0 Å². The molecule has 2 rings (SSSR count). The van der Waals surface area contributed by atoms with E-state index in [2.05, 4.69) is 9.97 Å². The first-order valence-electron chi connectivity index (χ1n) is 5.42. The molecule has 4 nitrogen and oxygen atoms in total. The number of hydrogen-bond acceptors (Lipinski definition) is 3. The summed E-state index contributed by atoms with van der Waals surface area (Å²) in [6, 6.07) is 5.50. The summed E-state index contributed by atoms with van der Waals surface area (Å²) in [6.45, 7) is 1.95. The summed E-state index contributed by atoms with van der Waals surface area (Å²) in [5.41, 5.74) is 8.40. The third-order valence-electron chi connectivity index (χ3n) is 2.60. The second-order valence-electron chi connectivity index (χ2n) is 3.63. The van der Waals surface area contributed by atoms with E-state index in [1.165, 1.54) is 0 Å². The zero-order chi connectivity index (χ0) is 12.3. The van der Waals surface area contributed by atoms with Crippen molar-refractivity contribution < 1.29 is 4.79 Å². The summed E-state index contributed by atoms with van der Waals surface area (Å²) < 4.78 is 0. The Morgan fingerprint density at radius 1 is 1.24 bits per heavy atom. The Labute approximate surface area is 99.5 Å². The first kappa shape index (κ1) is 11.3. The molecule has 4 heteroatoms. The van der Waals surface area contributed by atoms with Crippen molar-refractivity contribution in [3.05, 3.63) is 48.0 Å². The number of pyridine rings is 2. The standard InChI is InChI=1S/C13H13N3O/c1-2-11-12(13(14)17)10(5-8-16-11)9-3-6-15-7-4-9/h3-8H,2H2,1H3,(H2,14,17). The average molecular weight is 227 g/mol. The summed E-state index contributed by atoms with van der Waals surface area (Å²) >= 11 is 0. The molecule has 0 aliphatic rings. The highest BCUT2D eigenvalue weighted by Gasteiger charge is 2.14. The molecule has 0 saturated carbocycles. The Bertz CT molecular complexity index is 538. The normalized spacial score (nSPS) is 10.2. The Morgan fingerprint density at radius 2 is 1.94 bits per heavy atom. The van der Waals surface area contributed by atoms with E-state index in [0.717, 1.165) is 16.8 Å². The van der Waals surface area contributed by atoms with Crippen LogP contribution in [0.4, 0.5) is 0 Å². The molecule has 0 aliphatic carbocycles. The van der Waals surface area contributed by atoms with Crippen LogP contribution in [-0.2, 0) is 6.42 Å². The van der Waals surface area contributed by atoms with Gasteiger partial charge in [-0.05, 0) is 35.7 Å². The van der Waals surface area contributed by atoms with Gasteiger partial charge in [-0.15, -0.1) is 0 Å². The SMILES string of the molecule is CCc1nccc(-c2ccncc2)c1C(N)=O. The molecule has 1 amide bonds. The van der Waals surface area contributed by atoms with Gasteiger partial charge in [0.25, 0.3) is 5.91 Å². The van der Waals surface area contributed by atoms with Crippen LogP contribution in [0.5, 0.6) is 0 Å². The van der Waals surface area contributed by atoms with Crippen molar-refractivity contribution in [2.75, 3.05) is 0 Å². The number of hydrogen-bond donors (Lipinski definition) is 1. The number of nitrogens with two attached hydrogens (primary N) is 1. The molecule has 2 aromatic heterocycles. The van der Waals surface area contributed by atoms with E-state index in [4.69, 9.17) is 5.73 Å². The van der Waals surface area contributed by atoms with Crippen molar-refractivity contribution in [1.82, 2.24) is 9.97 Å². The number of carbonyl (C=O) groups is 1. The van der Waals surface area contributed by atoms with Gasteiger partial charge in [0.1, 0.15) is 0 Å². The van der Waals surface area contributed by atoms with E-state index in [1.54, 1.807) is 24.7 Å². The monoisotopic (exact) mass is 227 g/mol. The smallest absolute Gasteiger partial charge is 0.251 e. The fraction of sp³-hybridized carbons (Fsp3) is 0.154. The summed E-state index contributed by atoms with van der Waals surface area (Å²) in [6.07, 6.45) is 5.75. The van der Waals surface area contributed by atoms with E-state index < -0.39 is 5.91 Å². The Balaban J connectivity index is 2.66. The summed E-state index contributed by atoms with van der Waals surface area (Å²) in [4.78, 5) is 19.7. The molecule has 0 atom stereocenters. The highest BCUT2D eigenvalue weighted by atomic mass is 16.1. The van der Waals surface area contributed by atoms with Gasteiger partial charge in [0.15, 0.2) is 0 Å². The topological polar surface area (TPSA) is 68.9 Å². The first-order chi connectivity index (χ1) is 8.24. The minimum Gasteiger partial charge on any atom is -0.366 e. The molecule has 2 N–H and O–H groups in total. The number of carbonyl (C=O) groups excluding carboxylic acids is 1. The van der Waals surface area contributed by atoms with Crippen molar-refractivity contribution in [3.8, 4) is 11.1 Å². The van der Waals surface area contributed by atoms with Gasteiger partial charge in [-0.1, -0.05) is 6.92 Å². The second-order valence-corrected chi connectivity index (χ2v) is 3.63. The lowest BCUT2D eigenvalue weighted by molar-refractivity contribution is 0.0999. The van der Waals surface area contributed by atoms with Crippen LogP contribution in [0.1, 0.15) is 23.0 Å². The fourth-order valence-corrected chi connectivity index (χ4v) is 1.82. The number of rotatable bonds is 3. The molecule has 0 unspecified atom stereocenters. The van der Waals surface area contributed by atoms with Crippen LogP contribution >= 0.6 is 0 Å². The summed E-state index contributed by atoms with van der Waals surface area (Å²) in [5.74, 6) is -0.443. The fourth-order valence-electron chi connectivity index (χ4n) is 1.82. The third kappa shape index (κ3) is 2.15. The molecular weight excluding hydrogens is 214 g/mol. The van der Waals surface area contributed by atoms with E-state index in [0.29, 0.717) is 12.0 Å². The Morgan fingerprint density at radius 3 is 2.53 bits per heavy atom. The molecule has 17 heavy (non-hydrogen) atoms. The van der Waals surface area contributed by atoms with Gasteiger partial charge in [-0.3, -0.25) is 14.8 Å². The number of amides is 1. The first-order valence-corrected chi connectivity index (χ1v) is 5.42. The molecule has 0 spiro atoms. The van der Waals surface area contributed by atoms with Gasteiger partial charge in [0, 0.05) is 18.6 Å². The van der Waals surface area contributed by atoms with Crippen molar-refractivity contribution in [1.29, 1.82) is 0 Å². The largest absolute Gasteiger partial charge is 0.366 e. The van der Waals surface area contributed by atoms with Crippen molar-refractivity contribution in [2.24, 2.45) is 5.73 Å². The average Bonchev–Trinajstić information content (AvgIpc) is 2.38. The number of nitrogens with zero attached hydrogens (tertiary/aromatic N) is 2. The molecule has 0 aromatic carbocycles. The molecule has 86 valence electrons. The molecule has 0 radical (unpaired) electrons. The Hall–Kier alpha value is -2.23. The minimum atomic E-state index is -0.443. The highest BCUT2D eigenvalue weighted by molar-refractivity contribution is 6.00. The van der Waals surface area contributed by atoms with Gasteiger partial charge < -0.3 is 5.73 Å². The zero-order valence-electron chi connectivity index (χ0n) is 9.55. The quantitative estimate of drug-likeness (QED) is 0.869. The highest BCUT2D eigenvalue weighted by Crippen LogP contribution is 2.24. The number of aromatic nitrogens is 2.